The van der Waals surface area contributed by atoms with Gasteiger partial charge in [0.25, 0.3) is 0 Å². The fourth-order valence-electron chi connectivity index (χ4n) is 2.43. The first-order valence-electron chi connectivity index (χ1n) is 8.70. The number of alkyl halides is 1. The van der Waals surface area contributed by atoms with Gasteiger partial charge >= 0.3 is 6.09 Å². The van der Waals surface area contributed by atoms with Gasteiger partial charge in [0.15, 0.2) is 28.4 Å². The summed E-state index contributed by atoms with van der Waals surface area (Å²) in [6, 6.07) is -0.00658. The lowest BCUT2D eigenvalue weighted by Gasteiger charge is -2.21. The van der Waals surface area contributed by atoms with Crippen LogP contribution < -0.4 is 15.7 Å². The van der Waals surface area contributed by atoms with Gasteiger partial charge in [-0.2, -0.15) is 0 Å². The zero-order chi connectivity index (χ0) is 24.0. The maximum atomic E-state index is 14.7. The van der Waals surface area contributed by atoms with Crippen LogP contribution in [-0.2, 0) is 16.0 Å². The van der Waals surface area contributed by atoms with Crippen LogP contribution >= 0.6 is 11.3 Å². The standard InChI is InChI=1S/C17H15F5N4O5S/c18-9-5-8(12(19)14(21)13(9)20)15(22)26(17(29)30)16-24-7(6-32-16)4-11(28)23-3-1-2-10(27)25-31/h5-6,15,31H,1-4H2,(H,23,28)(H,25,27)(H,29,30). The SMILES string of the molecule is O=C(CCCNC(=O)Cc1csc(N(C(=O)O)C(F)c2cc(F)c(F)c(F)c2F)n1)NO. The molecule has 1 aromatic heterocycles. The molecule has 174 valence electrons. The Morgan fingerprint density at radius 3 is 2.44 bits per heavy atom. The molecule has 0 fully saturated rings. The number of amides is 3. The number of aromatic nitrogens is 1. The number of hydrogen-bond acceptors (Lipinski definition) is 6. The van der Waals surface area contributed by atoms with Crippen molar-refractivity contribution in [3.8, 4) is 0 Å². The lowest BCUT2D eigenvalue weighted by Crippen LogP contribution is -2.32. The van der Waals surface area contributed by atoms with Crippen LogP contribution in [0.25, 0.3) is 0 Å². The van der Waals surface area contributed by atoms with Gasteiger partial charge in [0.2, 0.25) is 18.1 Å². The average molecular weight is 482 g/mol. The molecule has 1 atom stereocenters. The first-order valence-corrected chi connectivity index (χ1v) is 9.57. The van der Waals surface area contributed by atoms with Gasteiger partial charge in [-0.1, -0.05) is 0 Å². The van der Waals surface area contributed by atoms with E-state index in [1.807, 2.05) is 0 Å². The van der Waals surface area contributed by atoms with Crippen molar-refractivity contribution < 1.29 is 46.6 Å². The Balaban J connectivity index is 2.12. The van der Waals surface area contributed by atoms with Crippen molar-refractivity contribution in [2.75, 3.05) is 11.4 Å². The minimum absolute atomic E-state index is 0.00555. The van der Waals surface area contributed by atoms with Gasteiger partial charge in [-0.05, 0) is 12.5 Å². The molecule has 0 bridgehead atoms. The Morgan fingerprint density at radius 1 is 1.12 bits per heavy atom. The Hall–Kier alpha value is -3.33. The lowest BCUT2D eigenvalue weighted by molar-refractivity contribution is -0.129. The largest absolute Gasteiger partial charge is 0.465 e. The molecule has 1 aromatic carbocycles. The van der Waals surface area contributed by atoms with Crippen LogP contribution in [0, 0.1) is 23.3 Å². The molecule has 3 amide bonds. The van der Waals surface area contributed by atoms with Gasteiger partial charge < -0.3 is 10.4 Å². The summed E-state index contributed by atoms with van der Waals surface area (Å²) in [5.74, 6) is -9.72. The van der Waals surface area contributed by atoms with Gasteiger partial charge in [-0.3, -0.25) is 14.8 Å². The molecule has 2 rings (SSSR count). The summed E-state index contributed by atoms with van der Waals surface area (Å²) in [5.41, 5.74) is 0.0290. The average Bonchev–Trinajstić information content (AvgIpc) is 3.19. The molecule has 1 unspecified atom stereocenters. The van der Waals surface area contributed by atoms with Crippen molar-refractivity contribution in [1.29, 1.82) is 0 Å². The normalized spacial score (nSPS) is 11.7. The van der Waals surface area contributed by atoms with E-state index in [4.69, 9.17) is 5.21 Å². The van der Waals surface area contributed by atoms with Crippen LogP contribution in [0.1, 0.15) is 30.4 Å². The zero-order valence-corrected chi connectivity index (χ0v) is 16.7. The number of hydrogen-bond donors (Lipinski definition) is 4. The van der Waals surface area contributed by atoms with Crippen LogP contribution in [0.3, 0.4) is 0 Å². The Morgan fingerprint density at radius 2 is 1.81 bits per heavy atom. The summed E-state index contributed by atoms with van der Waals surface area (Å²) >= 11 is 0.553. The van der Waals surface area contributed by atoms with Crippen molar-refractivity contribution in [3.05, 3.63) is 46.0 Å². The molecular formula is C17H15F5N4O5S. The number of hydroxylamine groups is 1. The molecular weight excluding hydrogens is 467 g/mol. The maximum Gasteiger partial charge on any atom is 0.416 e. The second kappa shape index (κ2) is 10.8. The second-order valence-electron chi connectivity index (χ2n) is 6.16. The van der Waals surface area contributed by atoms with Crippen molar-refractivity contribution in [3.63, 3.8) is 0 Å². The number of rotatable bonds is 9. The second-order valence-corrected chi connectivity index (χ2v) is 7.00. The van der Waals surface area contributed by atoms with Crippen molar-refractivity contribution in [1.82, 2.24) is 15.8 Å². The van der Waals surface area contributed by atoms with Crippen molar-refractivity contribution in [2.45, 2.75) is 25.6 Å². The molecule has 0 radical (unpaired) electrons. The molecule has 32 heavy (non-hydrogen) atoms. The van der Waals surface area contributed by atoms with E-state index >= 15 is 0 Å². The van der Waals surface area contributed by atoms with Crippen molar-refractivity contribution >= 4 is 34.4 Å². The number of benzene rings is 1. The molecule has 0 spiro atoms. The molecule has 9 nitrogen and oxygen atoms in total. The highest BCUT2D eigenvalue weighted by molar-refractivity contribution is 7.14. The number of halogens is 5. The summed E-state index contributed by atoms with van der Waals surface area (Å²) in [5, 5.41) is 20.7. The molecule has 1 heterocycles. The summed E-state index contributed by atoms with van der Waals surface area (Å²) in [4.78, 5) is 37.8. The van der Waals surface area contributed by atoms with Gasteiger partial charge in [-0.25, -0.2) is 42.1 Å². The van der Waals surface area contributed by atoms with Gasteiger partial charge in [0, 0.05) is 23.9 Å². The molecule has 0 aliphatic carbocycles. The first kappa shape index (κ1) is 24.9. The first-order chi connectivity index (χ1) is 15.1. The number of carbonyl (C=O) groups excluding carboxylic acids is 2. The van der Waals surface area contributed by atoms with Crippen LogP contribution in [0.4, 0.5) is 31.9 Å². The molecule has 0 saturated heterocycles. The summed E-state index contributed by atoms with van der Waals surface area (Å²) in [7, 11) is 0. The maximum absolute atomic E-state index is 14.7. The van der Waals surface area contributed by atoms with E-state index < -0.39 is 58.2 Å². The number of nitrogens with zero attached hydrogens (tertiary/aromatic N) is 2. The highest BCUT2D eigenvalue weighted by Crippen LogP contribution is 2.34. The van der Waals surface area contributed by atoms with Gasteiger partial charge in [0.05, 0.1) is 12.1 Å². The number of carboxylic acid groups (broad SMARTS) is 1. The van der Waals surface area contributed by atoms with Crippen molar-refractivity contribution in [2.24, 2.45) is 0 Å². The van der Waals surface area contributed by atoms with E-state index in [0.29, 0.717) is 11.3 Å². The van der Waals surface area contributed by atoms with Gasteiger partial charge in [-0.15, -0.1) is 11.3 Å². The molecule has 0 saturated carbocycles. The Bertz CT molecular complexity index is 1020. The van der Waals surface area contributed by atoms with E-state index in [2.05, 4.69) is 10.3 Å². The number of anilines is 1. The summed E-state index contributed by atoms with van der Waals surface area (Å²) < 4.78 is 68.5. The van der Waals surface area contributed by atoms with E-state index in [1.165, 1.54) is 10.9 Å². The fraction of sp³-hybridized carbons (Fsp3) is 0.294. The van der Waals surface area contributed by atoms with Gasteiger partial charge in [0.1, 0.15) is 0 Å². The van der Waals surface area contributed by atoms with E-state index in [0.717, 1.165) is 0 Å². The molecule has 4 N–H and O–H groups in total. The predicted molar refractivity (Wildman–Crippen MR) is 98.6 cm³/mol. The predicted octanol–water partition coefficient (Wildman–Crippen LogP) is 2.80. The quantitative estimate of drug-likeness (QED) is 0.0827. The minimum atomic E-state index is -2.97. The van der Waals surface area contributed by atoms with E-state index in [-0.39, 0.29) is 42.5 Å². The minimum Gasteiger partial charge on any atom is -0.465 e. The zero-order valence-electron chi connectivity index (χ0n) is 15.9. The summed E-state index contributed by atoms with van der Waals surface area (Å²) in [6.07, 6.45) is -5.16. The van der Waals surface area contributed by atoms with Crippen LogP contribution in [0.2, 0.25) is 0 Å². The highest BCUT2D eigenvalue weighted by atomic mass is 32.1. The highest BCUT2D eigenvalue weighted by Gasteiger charge is 2.34. The van der Waals surface area contributed by atoms with Crippen LogP contribution in [0.15, 0.2) is 11.4 Å². The van der Waals surface area contributed by atoms with E-state index in [1.54, 1.807) is 0 Å². The number of carbonyl (C=O) groups is 3. The fourth-order valence-corrected chi connectivity index (χ4v) is 3.26. The third-order valence-corrected chi connectivity index (χ3v) is 4.82. The number of thiazole rings is 1. The van der Waals surface area contributed by atoms with E-state index in [9.17, 15) is 41.4 Å². The number of nitrogens with one attached hydrogen (secondary N) is 2. The molecule has 2 aromatic rings. The molecule has 0 aliphatic heterocycles. The van der Waals surface area contributed by atoms with Crippen LogP contribution in [-0.4, -0.2) is 39.8 Å². The topological polar surface area (TPSA) is 132 Å². The Labute approximate surface area is 180 Å². The summed E-state index contributed by atoms with van der Waals surface area (Å²) in [6.45, 7) is 0.0814. The molecule has 15 heteroatoms. The molecule has 0 aliphatic rings. The third kappa shape index (κ3) is 5.88. The lowest BCUT2D eigenvalue weighted by atomic mass is 10.1. The monoisotopic (exact) mass is 482 g/mol. The van der Waals surface area contributed by atoms with Crippen LogP contribution in [0.5, 0.6) is 0 Å². The third-order valence-electron chi connectivity index (χ3n) is 3.94. The smallest absolute Gasteiger partial charge is 0.416 e. The Kier molecular flexibility index (Phi) is 8.42.